The molecule has 1 amide bonds. The van der Waals surface area contributed by atoms with Gasteiger partial charge in [-0.05, 0) is 44.4 Å². The van der Waals surface area contributed by atoms with Crippen LogP contribution in [0, 0.1) is 17.6 Å². The lowest BCUT2D eigenvalue weighted by molar-refractivity contribution is -0.0172. The minimum atomic E-state index is -2.93. The molecule has 1 aromatic heterocycles. The minimum absolute atomic E-state index is 0.123. The smallest absolute Gasteiger partial charge is 0.253 e. The molecular weight excluding hydrogens is 384 g/mol. The van der Waals surface area contributed by atoms with E-state index in [1.54, 1.807) is 6.92 Å². The van der Waals surface area contributed by atoms with E-state index in [1.807, 2.05) is 0 Å². The van der Waals surface area contributed by atoms with Crippen molar-refractivity contribution in [1.82, 2.24) is 10.3 Å². The summed E-state index contributed by atoms with van der Waals surface area (Å²) in [6, 6.07) is 3.69. The molecule has 3 rings (SSSR count). The molecule has 1 fully saturated rings. The maximum atomic E-state index is 13.9. The van der Waals surface area contributed by atoms with Crippen LogP contribution in [0.5, 0.6) is 0 Å². The van der Waals surface area contributed by atoms with Gasteiger partial charge in [0.2, 0.25) is 5.92 Å². The summed E-state index contributed by atoms with van der Waals surface area (Å²) >= 11 is 0. The van der Waals surface area contributed by atoms with Crippen LogP contribution in [0.25, 0.3) is 10.9 Å². The molecule has 29 heavy (non-hydrogen) atoms. The summed E-state index contributed by atoms with van der Waals surface area (Å²) in [5.41, 5.74) is -1.13. The lowest BCUT2D eigenvalue weighted by Gasteiger charge is -2.37. The summed E-state index contributed by atoms with van der Waals surface area (Å²) in [5, 5.41) is 3.05. The Labute approximate surface area is 167 Å². The van der Waals surface area contributed by atoms with Crippen molar-refractivity contribution in [2.24, 2.45) is 5.92 Å². The monoisotopic (exact) mass is 410 g/mol. The van der Waals surface area contributed by atoms with Crippen molar-refractivity contribution in [2.75, 3.05) is 0 Å². The Morgan fingerprint density at radius 3 is 2.52 bits per heavy atom. The summed E-state index contributed by atoms with van der Waals surface area (Å²) in [4.78, 5) is 16.7. The molecule has 1 atom stereocenters. The van der Waals surface area contributed by atoms with E-state index in [2.05, 4.69) is 10.3 Å². The Morgan fingerprint density at radius 2 is 1.86 bits per heavy atom. The van der Waals surface area contributed by atoms with Gasteiger partial charge in [0.1, 0.15) is 5.52 Å². The largest absolute Gasteiger partial charge is 0.347 e. The maximum Gasteiger partial charge on any atom is 0.253 e. The number of aromatic nitrogens is 1. The van der Waals surface area contributed by atoms with Gasteiger partial charge in [-0.15, -0.1) is 0 Å². The topological polar surface area (TPSA) is 42.0 Å². The summed E-state index contributed by atoms with van der Waals surface area (Å²) in [7, 11) is 0. The maximum absolute atomic E-state index is 13.9. The number of rotatable bonds is 6. The molecule has 0 aliphatic heterocycles. The molecule has 2 aromatic rings. The van der Waals surface area contributed by atoms with E-state index in [0.29, 0.717) is 12.3 Å². The van der Waals surface area contributed by atoms with E-state index < -0.39 is 35.4 Å². The number of hydrogen-bond donors (Lipinski definition) is 1. The highest BCUT2D eigenvalue weighted by atomic mass is 19.3. The third-order valence-corrected chi connectivity index (χ3v) is 5.59. The predicted octanol–water partition coefficient (Wildman–Crippen LogP) is 6.02. The fourth-order valence-electron chi connectivity index (χ4n) is 4.49. The molecule has 7 heteroatoms. The second-order valence-electron chi connectivity index (χ2n) is 8.63. The Bertz CT molecular complexity index is 890. The van der Waals surface area contributed by atoms with Gasteiger partial charge >= 0.3 is 0 Å². The molecule has 3 nitrogen and oxygen atoms in total. The van der Waals surface area contributed by atoms with Gasteiger partial charge in [0.15, 0.2) is 11.6 Å². The number of nitrogens with one attached hydrogen (secondary N) is 1. The van der Waals surface area contributed by atoms with E-state index in [4.69, 9.17) is 0 Å². The second kappa shape index (κ2) is 8.28. The normalized spacial score (nSPS) is 17.9. The van der Waals surface area contributed by atoms with Crippen molar-refractivity contribution in [3.05, 3.63) is 41.6 Å². The van der Waals surface area contributed by atoms with Gasteiger partial charge < -0.3 is 5.32 Å². The van der Waals surface area contributed by atoms with Crippen LogP contribution >= 0.6 is 0 Å². The molecule has 158 valence electrons. The van der Waals surface area contributed by atoms with Crippen LogP contribution in [0.1, 0.15) is 69.2 Å². The molecule has 0 radical (unpaired) electrons. The molecule has 1 unspecified atom stereocenters. The van der Waals surface area contributed by atoms with Crippen molar-refractivity contribution >= 4 is 16.8 Å². The zero-order chi connectivity index (χ0) is 21.2. The number of carbonyl (C=O) groups excluding carboxylic acids is 1. The molecule has 1 aliphatic carbocycles. The first-order chi connectivity index (χ1) is 13.6. The van der Waals surface area contributed by atoms with Gasteiger partial charge in [0.25, 0.3) is 5.91 Å². The quantitative estimate of drug-likeness (QED) is 0.592. The number of alkyl halides is 2. The third-order valence-electron chi connectivity index (χ3n) is 5.59. The van der Waals surface area contributed by atoms with Crippen LogP contribution < -0.4 is 5.32 Å². The van der Waals surface area contributed by atoms with Crippen molar-refractivity contribution in [3.8, 4) is 0 Å². The highest BCUT2D eigenvalue weighted by molar-refractivity contribution is 5.97. The standard InChI is InChI=1S/C22H26F4N2O/c1-21(13-22(2,25)26,11-14-6-4-3-5-7-14)28-20(29)16-10-15-8-9-17(23)18(24)19(15)27-12-16/h8-10,12,14H,3-7,11,13H2,1-2H3,(H,28,29). The number of fused-ring (bicyclic) bond motifs is 1. The van der Waals surface area contributed by atoms with Crippen LogP contribution in [0.15, 0.2) is 24.4 Å². The molecular formula is C22H26F4N2O. The van der Waals surface area contributed by atoms with Crippen molar-refractivity contribution < 1.29 is 22.4 Å². The van der Waals surface area contributed by atoms with E-state index in [9.17, 15) is 22.4 Å². The van der Waals surface area contributed by atoms with Crippen LogP contribution in [0.2, 0.25) is 0 Å². The first kappa shape index (κ1) is 21.5. The minimum Gasteiger partial charge on any atom is -0.347 e. The second-order valence-corrected chi connectivity index (χ2v) is 8.63. The highest BCUT2D eigenvalue weighted by Crippen LogP contribution is 2.36. The number of benzene rings is 1. The Morgan fingerprint density at radius 1 is 1.17 bits per heavy atom. The Kier molecular flexibility index (Phi) is 6.15. The number of carbonyl (C=O) groups is 1. The summed E-state index contributed by atoms with van der Waals surface area (Å²) in [5.74, 6) is -5.29. The Hall–Kier alpha value is -2.18. The van der Waals surface area contributed by atoms with Crippen LogP contribution in [-0.2, 0) is 0 Å². The predicted molar refractivity (Wildman–Crippen MR) is 104 cm³/mol. The summed E-state index contributed by atoms with van der Waals surface area (Å²) in [6.07, 6.45) is 6.41. The third kappa shape index (κ3) is 5.46. The van der Waals surface area contributed by atoms with Gasteiger partial charge in [0, 0.05) is 23.5 Å². The summed E-state index contributed by atoms with van der Waals surface area (Å²) in [6.45, 7) is 2.51. The first-order valence-electron chi connectivity index (χ1n) is 10.0. The SMILES string of the molecule is CC(F)(F)CC(C)(CC1CCCCC1)NC(=O)c1cnc2c(F)c(F)ccc2c1. The van der Waals surface area contributed by atoms with Gasteiger partial charge in [-0.2, -0.15) is 0 Å². The number of pyridine rings is 1. The zero-order valence-corrected chi connectivity index (χ0v) is 16.7. The molecule has 0 bridgehead atoms. The van der Waals surface area contributed by atoms with Gasteiger partial charge in [0.05, 0.1) is 5.56 Å². The summed E-state index contributed by atoms with van der Waals surface area (Å²) < 4.78 is 54.9. The number of hydrogen-bond acceptors (Lipinski definition) is 2. The molecule has 1 aromatic carbocycles. The van der Waals surface area contributed by atoms with E-state index in [-0.39, 0.29) is 16.5 Å². The van der Waals surface area contributed by atoms with E-state index >= 15 is 0 Å². The van der Waals surface area contributed by atoms with Gasteiger partial charge in [-0.25, -0.2) is 17.6 Å². The van der Waals surface area contributed by atoms with Crippen molar-refractivity contribution in [3.63, 3.8) is 0 Å². The van der Waals surface area contributed by atoms with E-state index in [1.165, 1.54) is 12.1 Å². The molecule has 0 saturated heterocycles. The van der Waals surface area contributed by atoms with Gasteiger partial charge in [-0.1, -0.05) is 32.1 Å². The van der Waals surface area contributed by atoms with Crippen LogP contribution in [0.3, 0.4) is 0 Å². The number of nitrogens with zero attached hydrogens (tertiary/aromatic N) is 1. The molecule has 0 spiro atoms. The average Bonchev–Trinajstić information content (AvgIpc) is 2.63. The fourth-order valence-corrected chi connectivity index (χ4v) is 4.49. The van der Waals surface area contributed by atoms with Gasteiger partial charge in [-0.3, -0.25) is 9.78 Å². The lowest BCUT2D eigenvalue weighted by atomic mass is 9.77. The van der Waals surface area contributed by atoms with Crippen LogP contribution in [-0.4, -0.2) is 22.4 Å². The lowest BCUT2D eigenvalue weighted by Crippen LogP contribution is -2.50. The molecule has 1 heterocycles. The zero-order valence-electron chi connectivity index (χ0n) is 16.7. The molecule has 1 aliphatic rings. The number of halogens is 4. The Balaban J connectivity index is 1.83. The van der Waals surface area contributed by atoms with Crippen molar-refractivity contribution in [2.45, 2.75) is 70.3 Å². The first-order valence-corrected chi connectivity index (χ1v) is 10.0. The fraction of sp³-hybridized carbons (Fsp3) is 0.545. The van der Waals surface area contributed by atoms with Crippen molar-refractivity contribution in [1.29, 1.82) is 0 Å². The van der Waals surface area contributed by atoms with E-state index in [0.717, 1.165) is 51.3 Å². The molecule has 1 N–H and O–H groups in total. The number of amides is 1. The average molecular weight is 410 g/mol. The molecule has 1 saturated carbocycles. The van der Waals surface area contributed by atoms with Crippen LogP contribution in [0.4, 0.5) is 17.6 Å². The highest BCUT2D eigenvalue weighted by Gasteiger charge is 2.38.